The minimum absolute atomic E-state index is 0.952. The lowest BCUT2D eigenvalue weighted by Gasteiger charge is -2.12. The lowest BCUT2D eigenvalue weighted by molar-refractivity contribution is 0.689. The summed E-state index contributed by atoms with van der Waals surface area (Å²) in [5.41, 5.74) is 6.94. The van der Waals surface area contributed by atoms with Gasteiger partial charge in [0.1, 0.15) is 0 Å². The second-order valence-corrected chi connectivity index (χ2v) is 5.39. The normalized spacial score (nSPS) is 10.8. The van der Waals surface area contributed by atoms with Crippen LogP contribution < -0.4 is 5.32 Å². The summed E-state index contributed by atoms with van der Waals surface area (Å²) < 4.78 is 0. The summed E-state index contributed by atoms with van der Waals surface area (Å²) in [6.45, 7) is 8.45. The lowest BCUT2D eigenvalue weighted by atomic mass is 10.00. The number of hydrogen-bond donors (Lipinski definition) is 1. The summed E-state index contributed by atoms with van der Waals surface area (Å²) in [5.74, 6) is 0. The smallest absolute Gasteiger partial charge is 0.0216 e. The van der Waals surface area contributed by atoms with Crippen molar-refractivity contribution >= 4 is 11.3 Å². The van der Waals surface area contributed by atoms with E-state index in [1.54, 1.807) is 11.3 Å². The lowest BCUT2D eigenvalue weighted by Crippen LogP contribution is -2.14. The van der Waals surface area contributed by atoms with E-state index in [1.807, 2.05) is 0 Å². The molecule has 2 heteroatoms. The second-order valence-electron chi connectivity index (χ2n) is 4.61. The summed E-state index contributed by atoms with van der Waals surface area (Å²) in [6, 6.07) is 6.69. The van der Waals surface area contributed by atoms with Crippen LogP contribution in [0.2, 0.25) is 0 Å². The molecule has 2 aromatic rings. The van der Waals surface area contributed by atoms with Crippen LogP contribution in [0.4, 0.5) is 0 Å². The van der Waals surface area contributed by atoms with Gasteiger partial charge in [-0.05, 0) is 59.9 Å². The molecule has 0 unspecified atom stereocenters. The summed E-state index contributed by atoms with van der Waals surface area (Å²) in [7, 11) is 0. The molecule has 0 aliphatic heterocycles. The van der Waals surface area contributed by atoms with Gasteiger partial charge in [-0.15, -0.1) is 0 Å². The summed E-state index contributed by atoms with van der Waals surface area (Å²) in [5, 5.41) is 7.83. The molecule has 1 N–H and O–H groups in total. The van der Waals surface area contributed by atoms with Crippen molar-refractivity contribution in [2.75, 3.05) is 0 Å². The highest BCUT2D eigenvalue weighted by Crippen LogP contribution is 2.16. The molecule has 1 heterocycles. The van der Waals surface area contributed by atoms with Gasteiger partial charge in [0.25, 0.3) is 0 Å². The first-order chi connectivity index (χ1) is 8.16. The summed E-state index contributed by atoms with van der Waals surface area (Å²) in [4.78, 5) is 0. The highest BCUT2D eigenvalue weighted by atomic mass is 32.1. The molecule has 0 radical (unpaired) electrons. The Morgan fingerprint density at radius 2 is 1.76 bits per heavy atom. The van der Waals surface area contributed by atoms with Crippen LogP contribution in [0.15, 0.2) is 29.0 Å². The van der Waals surface area contributed by atoms with Gasteiger partial charge >= 0.3 is 0 Å². The molecule has 1 aromatic carbocycles. The highest BCUT2D eigenvalue weighted by Gasteiger charge is 2.03. The Labute approximate surface area is 108 Å². The van der Waals surface area contributed by atoms with E-state index in [4.69, 9.17) is 0 Å². The van der Waals surface area contributed by atoms with Crippen LogP contribution in [0.1, 0.15) is 27.8 Å². The Morgan fingerprint density at radius 1 is 1.06 bits per heavy atom. The van der Waals surface area contributed by atoms with Crippen LogP contribution in [0, 0.1) is 20.8 Å². The van der Waals surface area contributed by atoms with Gasteiger partial charge in [-0.1, -0.05) is 17.7 Å². The van der Waals surface area contributed by atoms with Crippen LogP contribution >= 0.6 is 11.3 Å². The van der Waals surface area contributed by atoms with Crippen molar-refractivity contribution in [2.24, 2.45) is 0 Å². The third-order valence-electron chi connectivity index (χ3n) is 3.05. The molecule has 0 amide bonds. The van der Waals surface area contributed by atoms with Gasteiger partial charge < -0.3 is 5.32 Å². The third kappa shape index (κ3) is 3.18. The van der Waals surface area contributed by atoms with E-state index in [1.165, 1.54) is 27.8 Å². The molecule has 0 atom stereocenters. The van der Waals surface area contributed by atoms with Gasteiger partial charge in [-0.3, -0.25) is 0 Å². The number of thiophene rings is 1. The van der Waals surface area contributed by atoms with E-state index >= 15 is 0 Å². The molecule has 0 spiro atoms. The molecule has 1 aromatic heterocycles. The van der Waals surface area contributed by atoms with E-state index in [-0.39, 0.29) is 0 Å². The van der Waals surface area contributed by atoms with Gasteiger partial charge in [0.2, 0.25) is 0 Å². The Balaban J connectivity index is 1.99. The van der Waals surface area contributed by atoms with Crippen molar-refractivity contribution in [1.82, 2.24) is 5.32 Å². The molecule has 0 saturated carbocycles. The minimum atomic E-state index is 0.952. The van der Waals surface area contributed by atoms with Crippen molar-refractivity contribution < 1.29 is 0 Å². The average Bonchev–Trinajstić information content (AvgIpc) is 2.74. The molecule has 2 rings (SSSR count). The fraction of sp³-hybridized carbons (Fsp3) is 0.333. The van der Waals surface area contributed by atoms with Gasteiger partial charge in [-0.25, -0.2) is 0 Å². The number of benzene rings is 1. The van der Waals surface area contributed by atoms with E-state index in [0.717, 1.165) is 13.1 Å². The van der Waals surface area contributed by atoms with Gasteiger partial charge in [0.15, 0.2) is 0 Å². The van der Waals surface area contributed by atoms with Gasteiger partial charge in [0, 0.05) is 13.1 Å². The molecule has 0 aliphatic rings. The van der Waals surface area contributed by atoms with E-state index in [0.29, 0.717) is 0 Å². The average molecular weight is 245 g/mol. The Bertz CT molecular complexity index is 463. The van der Waals surface area contributed by atoms with Crippen LogP contribution in [-0.4, -0.2) is 0 Å². The number of aryl methyl sites for hydroxylation is 3. The fourth-order valence-corrected chi connectivity index (χ4v) is 2.88. The zero-order valence-corrected chi connectivity index (χ0v) is 11.5. The predicted octanol–water partition coefficient (Wildman–Crippen LogP) is 3.96. The number of rotatable bonds is 4. The maximum absolute atomic E-state index is 3.51. The fourth-order valence-electron chi connectivity index (χ4n) is 2.21. The first-order valence-electron chi connectivity index (χ1n) is 5.95. The van der Waals surface area contributed by atoms with Crippen LogP contribution in [0.25, 0.3) is 0 Å². The Kier molecular flexibility index (Phi) is 3.97. The van der Waals surface area contributed by atoms with E-state index in [9.17, 15) is 0 Å². The third-order valence-corrected chi connectivity index (χ3v) is 3.78. The van der Waals surface area contributed by atoms with Crippen molar-refractivity contribution in [3.63, 3.8) is 0 Å². The van der Waals surface area contributed by atoms with Gasteiger partial charge in [0.05, 0.1) is 0 Å². The Morgan fingerprint density at radius 3 is 2.35 bits per heavy atom. The molecule has 0 aliphatic carbocycles. The summed E-state index contributed by atoms with van der Waals surface area (Å²) in [6.07, 6.45) is 0. The maximum atomic E-state index is 3.51. The van der Waals surface area contributed by atoms with Crippen LogP contribution in [0.3, 0.4) is 0 Å². The van der Waals surface area contributed by atoms with Crippen molar-refractivity contribution in [3.05, 3.63) is 56.8 Å². The summed E-state index contributed by atoms with van der Waals surface area (Å²) >= 11 is 1.75. The van der Waals surface area contributed by atoms with Crippen molar-refractivity contribution in [2.45, 2.75) is 33.9 Å². The zero-order chi connectivity index (χ0) is 12.3. The largest absolute Gasteiger partial charge is 0.309 e. The molecular formula is C15H19NS. The predicted molar refractivity (Wildman–Crippen MR) is 75.5 cm³/mol. The molecular weight excluding hydrogens is 226 g/mol. The number of nitrogens with one attached hydrogen (secondary N) is 1. The molecule has 0 fully saturated rings. The minimum Gasteiger partial charge on any atom is -0.309 e. The van der Waals surface area contributed by atoms with E-state index < -0.39 is 0 Å². The second kappa shape index (κ2) is 5.48. The van der Waals surface area contributed by atoms with E-state index in [2.05, 4.69) is 55.0 Å². The van der Waals surface area contributed by atoms with Crippen molar-refractivity contribution in [1.29, 1.82) is 0 Å². The van der Waals surface area contributed by atoms with Crippen molar-refractivity contribution in [3.8, 4) is 0 Å². The molecule has 1 nitrogen and oxygen atoms in total. The standard InChI is InChI=1S/C15H19NS/c1-11-6-12(2)15(13(3)7-11)9-16-8-14-4-5-17-10-14/h4-7,10,16H,8-9H2,1-3H3. The van der Waals surface area contributed by atoms with Crippen LogP contribution in [0.5, 0.6) is 0 Å². The Hall–Kier alpha value is -1.12. The first-order valence-corrected chi connectivity index (χ1v) is 6.89. The quantitative estimate of drug-likeness (QED) is 0.859. The maximum Gasteiger partial charge on any atom is 0.0216 e. The SMILES string of the molecule is Cc1cc(C)c(CNCc2ccsc2)c(C)c1. The topological polar surface area (TPSA) is 12.0 Å². The first kappa shape index (κ1) is 12.3. The zero-order valence-electron chi connectivity index (χ0n) is 10.7. The molecule has 17 heavy (non-hydrogen) atoms. The number of hydrogen-bond acceptors (Lipinski definition) is 2. The molecule has 0 bridgehead atoms. The molecule has 0 saturated heterocycles. The van der Waals surface area contributed by atoms with Gasteiger partial charge in [-0.2, -0.15) is 11.3 Å². The van der Waals surface area contributed by atoms with Crippen LogP contribution in [-0.2, 0) is 13.1 Å². The monoisotopic (exact) mass is 245 g/mol. The highest BCUT2D eigenvalue weighted by molar-refractivity contribution is 7.07. The molecule has 90 valence electrons.